The van der Waals surface area contributed by atoms with E-state index >= 15 is 0 Å². The van der Waals surface area contributed by atoms with Gasteiger partial charge < -0.3 is 5.11 Å². The maximum atomic E-state index is 11.0. The molecule has 0 aromatic carbocycles. The Balaban J connectivity index is 2.60. The molecule has 0 fully saturated rings. The zero-order valence-electron chi connectivity index (χ0n) is 7.35. The third kappa shape index (κ3) is 1.44. The molecule has 2 aromatic rings. The van der Waals surface area contributed by atoms with Crippen LogP contribution in [0.2, 0.25) is 0 Å². The highest BCUT2D eigenvalue weighted by molar-refractivity contribution is 7.19. The summed E-state index contributed by atoms with van der Waals surface area (Å²) in [6.45, 7) is 1.72. The van der Waals surface area contributed by atoms with Crippen LogP contribution in [0.5, 0.6) is 0 Å². The fraction of sp³-hybridized carbons (Fsp3) is 0.111. The lowest BCUT2D eigenvalue weighted by Gasteiger charge is -1.94. The maximum Gasteiger partial charge on any atom is 0.339 e. The highest BCUT2D eigenvalue weighted by Gasteiger charge is 2.18. The first-order valence-electron chi connectivity index (χ1n) is 3.93. The average molecular weight is 225 g/mol. The fourth-order valence-electron chi connectivity index (χ4n) is 1.20. The van der Waals surface area contributed by atoms with Crippen LogP contribution in [0.4, 0.5) is 0 Å². The molecule has 2 aromatic heterocycles. The smallest absolute Gasteiger partial charge is 0.339 e. The van der Waals surface area contributed by atoms with Gasteiger partial charge in [-0.1, -0.05) is 6.07 Å². The van der Waals surface area contributed by atoms with Gasteiger partial charge in [0.15, 0.2) is 0 Å². The molecule has 5 heteroatoms. The minimum absolute atomic E-state index is 0.331. The number of aromatic carboxylic acids is 1. The lowest BCUT2D eigenvalue weighted by Crippen LogP contribution is -1.98. The number of carboxylic acid groups (broad SMARTS) is 1. The van der Waals surface area contributed by atoms with Crippen LogP contribution >= 0.6 is 22.9 Å². The number of hydrogen-bond donors (Lipinski definition) is 1. The number of thiophene rings is 1. The monoisotopic (exact) mass is 225 g/mol. The van der Waals surface area contributed by atoms with Gasteiger partial charge in [0, 0.05) is 4.88 Å². The molecule has 2 rings (SSSR count). The molecule has 0 aliphatic heterocycles. The van der Waals surface area contributed by atoms with Crippen molar-refractivity contribution in [2.75, 3.05) is 0 Å². The van der Waals surface area contributed by atoms with E-state index < -0.39 is 5.97 Å². The molecule has 0 aliphatic carbocycles. The SMILES string of the molecule is Cc1nsc(-c2cccs2)c1C(=O)O. The number of hydrogen-bond acceptors (Lipinski definition) is 4. The quantitative estimate of drug-likeness (QED) is 0.855. The molecule has 3 nitrogen and oxygen atoms in total. The van der Waals surface area contributed by atoms with Crippen molar-refractivity contribution in [2.45, 2.75) is 6.92 Å². The Kier molecular flexibility index (Phi) is 2.35. The van der Waals surface area contributed by atoms with Gasteiger partial charge in [-0.3, -0.25) is 0 Å². The first-order valence-corrected chi connectivity index (χ1v) is 5.59. The van der Waals surface area contributed by atoms with Gasteiger partial charge in [0.2, 0.25) is 0 Å². The summed E-state index contributed by atoms with van der Waals surface area (Å²) < 4.78 is 4.06. The van der Waals surface area contributed by atoms with Crippen molar-refractivity contribution >= 4 is 28.8 Å². The van der Waals surface area contributed by atoms with Gasteiger partial charge in [0.05, 0.1) is 10.6 Å². The third-order valence-electron chi connectivity index (χ3n) is 1.82. The molecule has 0 spiro atoms. The van der Waals surface area contributed by atoms with Crippen LogP contribution in [0.3, 0.4) is 0 Å². The number of carboxylic acids is 1. The Morgan fingerprint density at radius 3 is 2.93 bits per heavy atom. The zero-order chi connectivity index (χ0) is 10.1. The van der Waals surface area contributed by atoms with Crippen LogP contribution < -0.4 is 0 Å². The minimum atomic E-state index is -0.903. The van der Waals surface area contributed by atoms with Crippen molar-refractivity contribution in [2.24, 2.45) is 0 Å². The minimum Gasteiger partial charge on any atom is -0.478 e. The van der Waals surface area contributed by atoms with Gasteiger partial charge in [-0.2, -0.15) is 4.37 Å². The second-order valence-electron chi connectivity index (χ2n) is 2.75. The molecule has 0 bridgehead atoms. The van der Waals surface area contributed by atoms with Gasteiger partial charge in [-0.25, -0.2) is 4.79 Å². The van der Waals surface area contributed by atoms with Gasteiger partial charge in [-0.05, 0) is 29.9 Å². The van der Waals surface area contributed by atoms with E-state index in [0.717, 1.165) is 9.75 Å². The normalized spacial score (nSPS) is 10.4. The summed E-state index contributed by atoms with van der Waals surface area (Å²) in [5.74, 6) is -0.903. The molecule has 0 atom stereocenters. The number of carbonyl (C=O) groups is 1. The van der Waals surface area contributed by atoms with Crippen LogP contribution in [-0.4, -0.2) is 15.4 Å². The molecule has 1 N–H and O–H groups in total. The second-order valence-corrected chi connectivity index (χ2v) is 4.48. The summed E-state index contributed by atoms with van der Waals surface area (Å²) in [5, 5.41) is 10.9. The maximum absolute atomic E-state index is 11.0. The van der Waals surface area contributed by atoms with Crippen molar-refractivity contribution in [3.05, 3.63) is 28.8 Å². The van der Waals surface area contributed by atoms with E-state index in [1.165, 1.54) is 22.9 Å². The largest absolute Gasteiger partial charge is 0.478 e. The summed E-state index contributed by atoms with van der Waals surface area (Å²) in [7, 11) is 0. The Labute approximate surface area is 88.8 Å². The van der Waals surface area contributed by atoms with Crippen LogP contribution in [0, 0.1) is 6.92 Å². The topological polar surface area (TPSA) is 50.2 Å². The molecule has 14 heavy (non-hydrogen) atoms. The number of aromatic nitrogens is 1. The second kappa shape index (κ2) is 3.51. The van der Waals surface area contributed by atoms with Crippen LogP contribution in [0.15, 0.2) is 17.5 Å². The Hall–Kier alpha value is -1.20. The van der Waals surface area contributed by atoms with Crippen LogP contribution in [-0.2, 0) is 0 Å². The predicted molar refractivity (Wildman–Crippen MR) is 57.1 cm³/mol. The van der Waals surface area contributed by atoms with Gasteiger partial charge >= 0.3 is 5.97 Å². The molecular formula is C9H7NO2S2. The van der Waals surface area contributed by atoms with Crippen molar-refractivity contribution in [1.29, 1.82) is 0 Å². The highest BCUT2D eigenvalue weighted by Crippen LogP contribution is 2.33. The summed E-state index contributed by atoms with van der Waals surface area (Å²) in [5.41, 5.74) is 0.920. The molecule has 0 amide bonds. The summed E-state index contributed by atoms with van der Waals surface area (Å²) in [4.78, 5) is 12.7. The number of rotatable bonds is 2. The predicted octanol–water partition coefficient (Wildman–Crippen LogP) is 2.88. The van der Waals surface area contributed by atoms with Gasteiger partial charge in [0.1, 0.15) is 5.56 Å². The van der Waals surface area contributed by atoms with Gasteiger partial charge in [0.25, 0.3) is 0 Å². The van der Waals surface area contributed by atoms with Crippen molar-refractivity contribution in [3.8, 4) is 9.75 Å². The molecule has 0 saturated carbocycles. The molecule has 0 aliphatic rings. The van der Waals surface area contributed by atoms with Gasteiger partial charge in [-0.15, -0.1) is 11.3 Å². The first-order chi connectivity index (χ1) is 6.70. The Morgan fingerprint density at radius 2 is 2.36 bits per heavy atom. The Bertz CT molecular complexity index is 459. The van der Waals surface area contributed by atoms with E-state index in [2.05, 4.69) is 4.37 Å². The molecule has 72 valence electrons. The van der Waals surface area contributed by atoms with E-state index in [-0.39, 0.29) is 0 Å². The van der Waals surface area contributed by atoms with E-state index in [1.54, 1.807) is 6.92 Å². The van der Waals surface area contributed by atoms with Crippen LogP contribution in [0.25, 0.3) is 9.75 Å². The molecule has 0 unspecified atom stereocenters. The lowest BCUT2D eigenvalue weighted by atomic mass is 10.2. The lowest BCUT2D eigenvalue weighted by molar-refractivity contribution is 0.0697. The third-order valence-corrected chi connectivity index (χ3v) is 3.81. The number of aryl methyl sites for hydroxylation is 1. The Morgan fingerprint density at radius 1 is 1.57 bits per heavy atom. The summed E-state index contributed by atoms with van der Waals surface area (Å²) >= 11 is 2.77. The highest BCUT2D eigenvalue weighted by atomic mass is 32.1. The summed E-state index contributed by atoms with van der Waals surface area (Å²) in [6, 6.07) is 3.81. The molecular weight excluding hydrogens is 218 g/mol. The number of nitrogens with zero attached hydrogens (tertiary/aromatic N) is 1. The van der Waals surface area contributed by atoms with E-state index in [1.807, 2.05) is 17.5 Å². The van der Waals surface area contributed by atoms with E-state index in [9.17, 15) is 4.79 Å². The standard InChI is InChI=1S/C9H7NO2S2/c1-5-7(9(11)12)8(14-10-5)6-3-2-4-13-6/h2-4H,1H3,(H,11,12). The summed E-state index contributed by atoms with van der Waals surface area (Å²) in [6.07, 6.45) is 0. The van der Waals surface area contributed by atoms with Crippen molar-refractivity contribution in [3.63, 3.8) is 0 Å². The molecule has 0 saturated heterocycles. The van der Waals surface area contributed by atoms with Crippen molar-refractivity contribution in [1.82, 2.24) is 4.37 Å². The molecule has 2 heterocycles. The van der Waals surface area contributed by atoms with E-state index in [4.69, 9.17) is 5.11 Å². The first kappa shape index (κ1) is 9.36. The van der Waals surface area contributed by atoms with Crippen molar-refractivity contribution < 1.29 is 9.90 Å². The molecule has 0 radical (unpaired) electrons. The fourth-order valence-corrected chi connectivity index (χ4v) is 2.93. The van der Waals surface area contributed by atoms with E-state index in [0.29, 0.717) is 11.3 Å². The van der Waals surface area contributed by atoms with Crippen LogP contribution in [0.1, 0.15) is 16.1 Å². The average Bonchev–Trinajstić information content (AvgIpc) is 2.70. The zero-order valence-corrected chi connectivity index (χ0v) is 8.98.